The van der Waals surface area contributed by atoms with E-state index in [1.54, 1.807) is 37.4 Å². The maximum Gasteiger partial charge on any atom is 0.201 e. The first-order valence-corrected chi connectivity index (χ1v) is 5.35. The van der Waals surface area contributed by atoms with Crippen molar-refractivity contribution in [1.29, 1.82) is 0 Å². The molecule has 0 bridgehead atoms. The molecule has 1 aromatic rings. The van der Waals surface area contributed by atoms with Crippen molar-refractivity contribution in [1.82, 2.24) is 5.32 Å². The van der Waals surface area contributed by atoms with Crippen LogP contribution in [0.1, 0.15) is 0 Å². The third-order valence-corrected chi connectivity index (χ3v) is 2.91. The number of benzene rings is 1. The molecule has 1 rings (SSSR count). The van der Waals surface area contributed by atoms with Crippen LogP contribution >= 0.6 is 0 Å². The second-order valence-corrected chi connectivity index (χ2v) is 4.28. The van der Waals surface area contributed by atoms with Crippen LogP contribution in [0.5, 0.6) is 0 Å². The fraction of sp³-hybridized carbons (Fsp3) is 0.111. The third-order valence-electron chi connectivity index (χ3n) is 1.49. The Morgan fingerprint density at radius 1 is 1.23 bits per heavy atom. The Labute approximate surface area is 78.0 Å². The number of rotatable bonds is 3. The van der Waals surface area contributed by atoms with Gasteiger partial charge in [-0.3, -0.25) is 0 Å². The Balaban J connectivity index is 3.02. The first-order valence-electron chi connectivity index (χ1n) is 3.81. The highest BCUT2D eigenvalue weighted by Gasteiger charge is 2.07. The largest absolute Gasteiger partial charge is 0.393 e. The van der Waals surface area contributed by atoms with Gasteiger partial charge in [0.2, 0.25) is 9.84 Å². The maximum atomic E-state index is 11.5. The summed E-state index contributed by atoms with van der Waals surface area (Å²) in [6.07, 6.45) is 1.39. The summed E-state index contributed by atoms with van der Waals surface area (Å²) in [5, 5.41) is 3.78. The van der Waals surface area contributed by atoms with Crippen molar-refractivity contribution < 1.29 is 8.42 Å². The summed E-state index contributed by atoms with van der Waals surface area (Å²) in [5.74, 6) is 0. The molecule has 0 aliphatic heterocycles. The normalized spacial score (nSPS) is 11.8. The average Bonchev–Trinajstić information content (AvgIpc) is 2.16. The summed E-state index contributed by atoms with van der Waals surface area (Å²) < 4.78 is 22.9. The van der Waals surface area contributed by atoms with Gasteiger partial charge in [0.1, 0.15) is 0 Å². The summed E-state index contributed by atoms with van der Waals surface area (Å²) in [6, 6.07) is 8.30. The van der Waals surface area contributed by atoms with E-state index in [0.29, 0.717) is 4.90 Å². The number of hydrogen-bond donors (Lipinski definition) is 1. The van der Waals surface area contributed by atoms with Gasteiger partial charge in [-0.05, 0) is 12.1 Å². The molecule has 0 atom stereocenters. The Bertz CT molecular complexity index is 381. The predicted molar refractivity (Wildman–Crippen MR) is 51.8 cm³/mol. The molecule has 0 heterocycles. The van der Waals surface area contributed by atoms with Gasteiger partial charge >= 0.3 is 0 Å². The lowest BCUT2D eigenvalue weighted by Gasteiger charge is -1.96. The van der Waals surface area contributed by atoms with Gasteiger partial charge in [-0.2, -0.15) is 0 Å². The van der Waals surface area contributed by atoms with Gasteiger partial charge < -0.3 is 5.32 Å². The first-order chi connectivity index (χ1) is 6.17. The van der Waals surface area contributed by atoms with Crippen molar-refractivity contribution in [3.63, 3.8) is 0 Å². The van der Waals surface area contributed by atoms with Crippen LogP contribution in [0.15, 0.2) is 46.8 Å². The molecule has 70 valence electrons. The maximum absolute atomic E-state index is 11.5. The second-order valence-electron chi connectivity index (χ2n) is 2.45. The lowest BCUT2D eigenvalue weighted by molar-refractivity contribution is 0.604. The molecule has 0 amide bonds. The van der Waals surface area contributed by atoms with Gasteiger partial charge in [0.15, 0.2) is 0 Å². The summed E-state index contributed by atoms with van der Waals surface area (Å²) in [4.78, 5) is 0.307. The second kappa shape index (κ2) is 4.09. The molecule has 0 spiro atoms. The molecule has 0 aliphatic carbocycles. The minimum absolute atomic E-state index is 0.307. The zero-order valence-corrected chi connectivity index (χ0v) is 8.08. The number of nitrogens with one attached hydrogen (secondary N) is 1. The fourth-order valence-electron chi connectivity index (χ4n) is 0.846. The SMILES string of the molecule is CN/C=C/S(=O)(=O)c1ccccc1. The van der Waals surface area contributed by atoms with Crippen LogP contribution in [0.2, 0.25) is 0 Å². The van der Waals surface area contributed by atoms with E-state index >= 15 is 0 Å². The van der Waals surface area contributed by atoms with Crippen molar-refractivity contribution >= 4 is 9.84 Å². The van der Waals surface area contributed by atoms with Crippen molar-refractivity contribution in [2.45, 2.75) is 4.90 Å². The highest BCUT2D eigenvalue weighted by molar-refractivity contribution is 7.94. The highest BCUT2D eigenvalue weighted by atomic mass is 32.2. The van der Waals surface area contributed by atoms with Crippen LogP contribution in [-0.4, -0.2) is 15.5 Å². The minimum Gasteiger partial charge on any atom is -0.393 e. The molecule has 0 radical (unpaired) electrons. The molecule has 0 saturated heterocycles. The van der Waals surface area contributed by atoms with E-state index in [1.807, 2.05) is 0 Å². The van der Waals surface area contributed by atoms with Gasteiger partial charge in [0.25, 0.3) is 0 Å². The van der Waals surface area contributed by atoms with E-state index in [1.165, 1.54) is 6.20 Å². The van der Waals surface area contributed by atoms with Crippen LogP contribution in [-0.2, 0) is 9.84 Å². The van der Waals surface area contributed by atoms with Gasteiger partial charge in [0.05, 0.1) is 10.3 Å². The predicted octanol–water partition coefficient (Wildman–Crippen LogP) is 1.15. The standard InChI is InChI=1S/C9H11NO2S/c1-10-7-8-13(11,12)9-5-3-2-4-6-9/h2-8,10H,1H3/b8-7+. The topological polar surface area (TPSA) is 46.2 Å². The molecule has 4 heteroatoms. The van der Waals surface area contributed by atoms with E-state index in [9.17, 15) is 8.42 Å². The lowest BCUT2D eigenvalue weighted by Crippen LogP contribution is -1.99. The summed E-state index contributed by atoms with van der Waals surface area (Å²) in [5.41, 5.74) is 0. The van der Waals surface area contributed by atoms with E-state index in [2.05, 4.69) is 5.32 Å². The third kappa shape index (κ3) is 2.59. The van der Waals surface area contributed by atoms with E-state index < -0.39 is 9.84 Å². The molecule has 0 fully saturated rings. The molecule has 0 aliphatic rings. The van der Waals surface area contributed by atoms with Crippen molar-refractivity contribution in [2.75, 3.05) is 7.05 Å². The monoisotopic (exact) mass is 197 g/mol. The number of sulfone groups is 1. The lowest BCUT2D eigenvalue weighted by atomic mass is 10.4. The molecule has 1 aromatic carbocycles. The van der Waals surface area contributed by atoms with Gasteiger partial charge in [-0.15, -0.1) is 0 Å². The summed E-state index contributed by atoms with van der Waals surface area (Å²) in [7, 11) is -1.62. The number of hydrogen-bond acceptors (Lipinski definition) is 3. The minimum atomic E-state index is -3.27. The molecule has 3 nitrogen and oxygen atoms in total. The zero-order valence-electron chi connectivity index (χ0n) is 7.27. The molecule has 0 aromatic heterocycles. The molecule has 0 saturated carbocycles. The molecule has 0 unspecified atom stereocenters. The van der Waals surface area contributed by atoms with Crippen LogP contribution in [0.3, 0.4) is 0 Å². The Morgan fingerprint density at radius 3 is 2.38 bits per heavy atom. The van der Waals surface area contributed by atoms with Crippen molar-refractivity contribution in [2.24, 2.45) is 0 Å². The van der Waals surface area contributed by atoms with Crippen LogP contribution in [0, 0.1) is 0 Å². The van der Waals surface area contributed by atoms with Crippen molar-refractivity contribution in [3.05, 3.63) is 41.9 Å². The van der Waals surface area contributed by atoms with E-state index in [4.69, 9.17) is 0 Å². The van der Waals surface area contributed by atoms with E-state index in [-0.39, 0.29) is 0 Å². The van der Waals surface area contributed by atoms with Gasteiger partial charge in [0, 0.05) is 13.2 Å². The molecular weight excluding hydrogens is 186 g/mol. The van der Waals surface area contributed by atoms with Crippen LogP contribution < -0.4 is 5.32 Å². The summed E-state index contributed by atoms with van der Waals surface area (Å²) >= 11 is 0. The molecule has 13 heavy (non-hydrogen) atoms. The Kier molecular flexibility index (Phi) is 3.08. The fourth-order valence-corrected chi connectivity index (χ4v) is 1.86. The zero-order chi connectivity index (χ0) is 9.73. The Hall–Kier alpha value is -1.29. The van der Waals surface area contributed by atoms with E-state index in [0.717, 1.165) is 5.41 Å². The van der Waals surface area contributed by atoms with Crippen LogP contribution in [0.25, 0.3) is 0 Å². The first kappa shape index (κ1) is 9.80. The Morgan fingerprint density at radius 2 is 1.85 bits per heavy atom. The molecule has 1 N–H and O–H groups in total. The van der Waals surface area contributed by atoms with Crippen molar-refractivity contribution in [3.8, 4) is 0 Å². The van der Waals surface area contributed by atoms with Crippen LogP contribution in [0.4, 0.5) is 0 Å². The van der Waals surface area contributed by atoms with Gasteiger partial charge in [-0.1, -0.05) is 18.2 Å². The highest BCUT2D eigenvalue weighted by Crippen LogP contribution is 2.10. The quantitative estimate of drug-likeness (QED) is 0.790. The van der Waals surface area contributed by atoms with Gasteiger partial charge in [-0.25, -0.2) is 8.42 Å². The average molecular weight is 197 g/mol. The smallest absolute Gasteiger partial charge is 0.201 e. The summed E-state index contributed by atoms with van der Waals surface area (Å²) in [6.45, 7) is 0. The molecular formula is C9H11NO2S.